The largest absolute Gasteiger partial charge is 0.333 e. The lowest BCUT2D eigenvalue weighted by Crippen LogP contribution is -2.49. The topological polar surface area (TPSA) is 23.6 Å². The van der Waals surface area contributed by atoms with Crippen molar-refractivity contribution in [2.24, 2.45) is 5.92 Å². The quantitative estimate of drug-likeness (QED) is 0.512. The van der Waals surface area contributed by atoms with Crippen LogP contribution in [0, 0.1) is 5.92 Å². The molecule has 0 radical (unpaired) electrons. The van der Waals surface area contributed by atoms with Crippen LogP contribution in [0.2, 0.25) is 5.02 Å². The lowest BCUT2D eigenvalue weighted by Gasteiger charge is -2.41. The Kier molecular flexibility index (Phi) is 7.49. The fourth-order valence-electron chi connectivity index (χ4n) is 6.38. The molecule has 172 valence electrons. The number of halogens is 2. The Labute approximate surface area is 203 Å². The summed E-state index contributed by atoms with van der Waals surface area (Å²) in [5.74, 6) is 0.862. The van der Waals surface area contributed by atoms with E-state index in [1.165, 1.54) is 43.5 Å². The second kappa shape index (κ2) is 10.2. The Hall–Kier alpha value is -1.55. The molecule has 2 bridgehead atoms. The fraction of sp³-hybridized carbons (Fsp3) is 0.519. The molecule has 1 aliphatic carbocycles. The number of benzene rings is 2. The molecule has 2 aromatic rings. The van der Waals surface area contributed by atoms with Crippen molar-refractivity contribution in [1.82, 2.24) is 9.80 Å². The van der Waals surface area contributed by atoms with Crippen LogP contribution in [0.4, 0.5) is 0 Å². The van der Waals surface area contributed by atoms with Crippen LogP contribution in [0.15, 0.2) is 48.5 Å². The van der Waals surface area contributed by atoms with Crippen molar-refractivity contribution in [3.63, 3.8) is 0 Å². The average Bonchev–Trinajstić information content (AvgIpc) is 3.31. The molecule has 2 aliphatic heterocycles. The summed E-state index contributed by atoms with van der Waals surface area (Å²) in [5.41, 5.74) is 3.81. The van der Waals surface area contributed by atoms with E-state index in [0.29, 0.717) is 29.1 Å². The highest BCUT2D eigenvalue weighted by Gasteiger charge is 2.44. The Balaban J connectivity index is 0.00000245. The van der Waals surface area contributed by atoms with Crippen molar-refractivity contribution in [2.75, 3.05) is 13.1 Å². The van der Waals surface area contributed by atoms with Crippen LogP contribution in [-0.4, -0.2) is 46.9 Å². The summed E-state index contributed by atoms with van der Waals surface area (Å²) in [6.45, 7) is 4.65. The van der Waals surface area contributed by atoms with E-state index in [9.17, 15) is 4.79 Å². The molecule has 2 aromatic carbocycles. The molecule has 3 aliphatic rings. The predicted molar refractivity (Wildman–Crippen MR) is 134 cm³/mol. The summed E-state index contributed by atoms with van der Waals surface area (Å²) >= 11 is 6.15. The highest BCUT2D eigenvalue weighted by Crippen LogP contribution is 2.40. The molecule has 0 saturated carbocycles. The molecule has 1 amide bonds. The number of rotatable bonds is 6. The average molecular weight is 473 g/mol. The predicted octanol–water partition coefficient (Wildman–Crippen LogP) is 6.02. The smallest absolute Gasteiger partial charge is 0.254 e. The number of carbonyl (C=O) groups is 1. The normalized spacial score (nSPS) is 24.5. The van der Waals surface area contributed by atoms with Gasteiger partial charge in [-0.2, -0.15) is 0 Å². The summed E-state index contributed by atoms with van der Waals surface area (Å²) in [4.78, 5) is 18.2. The molecule has 2 fully saturated rings. The van der Waals surface area contributed by atoms with Gasteiger partial charge in [0.15, 0.2) is 0 Å². The Morgan fingerprint density at radius 2 is 1.69 bits per heavy atom. The zero-order valence-electron chi connectivity index (χ0n) is 18.9. The van der Waals surface area contributed by atoms with Crippen LogP contribution in [0.3, 0.4) is 0 Å². The van der Waals surface area contributed by atoms with Crippen molar-refractivity contribution >= 4 is 29.9 Å². The zero-order chi connectivity index (χ0) is 21.4. The number of fused-ring (bicyclic) bond motifs is 3. The highest BCUT2D eigenvalue weighted by atomic mass is 35.5. The van der Waals surface area contributed by atoms with E-state index in [2.05, 4.69) is 41.0 Å². The van der Waals surface area contributed by atoms with E-state index >= 15 is 0 Å². The van der Waals surface area contributed by atoms with Gasteiger partial charge in [0, 0.05) is 35.3 Å². The van der Waals surface area contributed by atoms with Gasteiger partial charge in [0.25, 0.3) is 5.91 Å². The Bertz CT molecular complexity index is 910. The van der Waals surface area contributed by atoms with Crippen LogP contribution in [-0.2, 0) is 12.8 Å². The first-order valence-electron chi connectivity index (χ1n) is 12.0. The first-order chi connectivity index (χ1) is 15.1. The van der Waals surface area contributed by atoms with E-state index in [4.69, 9.17) is 11.6 Å². The van der Waals surface area contributed by atoms with Gasteiger partial charge in [-0.15, -0.1) is 12.4 Å². The zero-order valence-corrected chi connectivity index (χ0v) is 20.5. The molecule has 3 atom stereocenters. The van der Waals surface area contributed by atoms with Gasteiger partial charge in [0.05, 0.1) is 0 Å². The van der Waals surface area contributed by atoms with Gasteiger partial charge in [0.1, 0.15) is 0 Å². The first kappa shape index (κ1) is 23.6. The second-order valence-electron chi connectivity index (χ2n) is 9.77. The third kappa shape index (κ3) is 4.71. The molecule has 0 N–H and O–H groups in total. The third-order valence-corrected chi connectivity index (χ3v) is 7.92. The summed E-state index contributed by atoms with van der Waals surface area (Å²) in [6.07, 6.45) is 8.16. The summed E-state index contributed by atoms with van der Waals surface area (Å²) in [5, 5.41) is 0.640. The number of carbonyl (C=O) groups excluding carboxylic acids is 1. The van der Waals surface area contributed by atoms with Crippen LogP contribution in [0.1, 0.15) is 60.5 Å². The molecule has 5 heteroatoms. The molecule has 2 heterocycles. The van der Waals surface area contributed by atoms with Gasteiger partial charge >= 0.3 is 0 Å². The number of hydrogen-bond acceptors (Lipinski definition) is 2. The molecule has 0 aromatic heterocycles. The molecule has 0 spiro atoms. The molecule has 3 nitrogen and oxygen atoms in total. The fourth-order valence-corrected chi connectivity index (χ4v) is 6.57. The monoisotopic (exact) mass is 472 g/mol. The highest BCUT2D eigenvalue weighted by molar-refractivity contribution is 6.30. The van der Waals surface area contributed by atoms with E-state index < -0.39 is 0 Å². The SMILES string of the molecule is CCCN(C[C@@H]1C[C@H]2CC[C@@H](C1)N2C(=O)c1cccc(Cl)c1)C1Cc2ccccc2C1.Cl. The minimum absolute atomic E-state index is 0. The van der Waals surface area contributed by atoms with Crippen LogP contribution >= 0.6 is 24.0 Å². The maximum Gasteiger partial charge on any atom is 0.254 e. The number of amides is 1. The number of hydrogen-bond donors (Lipinski definition) is 0. The standard InChI is InChI=1S/C27H33ClN2O.ClH/c1-2-12-29(26-16-20-6-3-4-7-21(20)17-26)18-19-13-24-10-11-25(14-19)30(24)27(31)22-8-5-9-23(28)15-22;/h3-9,15,19,24-26H,2,10-14,16-18H2,1H3;1H/t19-,24-,25+;. The van der Waals surface area contributed by atoms with Gasteiger partial charge in [0.2, 0.25) is 0 Å². The van der Waals surface area contributed by atoms with Crippen molar-refractivity contribution in [1.29, 1.82) is 0 Å². The van der Waals surface area contributed by atoms with E-state index in [0.717, 1.165) is 31.2 Å². The molecule has 2 saturated heterocycles. The second-order valence-corrected chi connectivity index (χ2v) is 10.2. The van der Waals surface area contributed by atoms with Crippen molar-refractivity contribution in [2.45, 2.75) is 70.0 Å². The maximum atomic E-state index is 13.2. The van der Waals surface area contributed by atoms with E-state index in [-0.39, 0.29) is 18.3 Å². The third-order valence-electron chi connectivity index (χ3n) is 7.69. The van der Waals surface area contributed by atoms with Gasteiger partial charge in [-0.3, -0.25) is 9.69 Å². The van der Waals surface area contributed by atoms with Gasteiger partial charge in [-0.1, -0.05) is 48.9 Å². The maximum absolute atomic E-state index is 13.2. The molecular weight excluding hydrogens is 439 g/mol. The van der Waals surface area contributed by atoms with Crippen LogP contribution < -0.4 is 0 Å². The summed E-state index contributed by atoms with van der Waals surface area (Å²) in [7, 11) is 0. The van der Waals surface area contributed by atoms with Crippen molar-refractivity contribution < 1.29 is 4.79 Å². The lowest BCUT2D eigenvalue weighted by atomic mass is 9.89. The summed E-state index contributed by atoms with van der Waals surface area (Å²) in [6, 6.07) is 17.8. The molecular formula is C27H34Cl2N2O. The first-order valence-corrected chi connectivity index (χ1v) is 12.4. The van der Waals surface area contributed by atoms with Crippen molar-refractivity contribution in [3.05, 3.63) is 70.2 Å². The summed E-state index contributed by atoms with van der Waals surface area (Å²) < 4.78 is 0. The van der Waals surface area contributed by atoms with Crippen LogP contribution in [0.25, 0.3) is 0 Å². The lowest BCUT2D eigenvalue weighted by molar-refractivity contribution is 0.0455. The van der Waals surface area contributed by atoms with E-state index in [1.807, 2.05) is 24.3 Å². The van der Waals surface area contributed by atoms with Crippen molar-refractivity contribution in [3.8, 4) is 0 Å². The Morgan fingerprint density at radius 3 is 2.28 bits per heavy atom. The molecule has 32 heavy (non-hydrogen) atoms. The number of nitrogens with zero attached hydrogens (tertiary/aromatic N) is 2. The van der Waals surface area contributed by atoms with Gasteiger partial charge in [-0.05, 0) is 86.7 Å². The minimum Gasteiger partial charge on any atom is -0.333 e. The van der Waals surface area contributed by atoms with Crippen LogP contribution in [0.5, 0.6) is 0 Å². The van der Waals surface area contributed by atoms with Gasteiger partial charge in [-0.25, -0.2) is 0 Å². The minimum atomic E-state index is 0. The molecule has 0 unspecified atom stereocenters. The van der Waals surface area contributed by atoms with Gasteiger partial charge < -0.3 is 4.90 Å². The number of piperidine rings is 1. The Morgan fingerprint density at radius 1 is 1.03 bits per heavy atom. The van der Waals surface area contributed by atoms with E-state index in [1.54, 1.807) is 0 Å². The molecule has 5 rings (SSSR count).